The number of carbonyl (C=O) groups is 3. The van der Waals surface area contributed by atoms with Crippen LogP contribution in [0.5, 0.6) is 0 Å². The summed E-state index contributed by atoms with van der Waals surface area (Å²) in [5.41, 5.74) is 1.31. The first-order valence-electron chi connectivity index (χ1n) is 6.13. The lowest BCUT2D eigenvalue weighted by Crippen LogP contribution is -2.49. The summed E-state index contributed by atoms with van der Waals surface area (Å²) in [6.07, 6.45) is 1.01. The maximum absolute atomic E-state index is 11.9. The van der Waals surface area contributed by atoms with E-state index in [1.807, 2.05) is 0 Å². The zero-order valence-electron chi connectivity index (χ0n) is 10.8. The summed E-state index contributed by atoms with van der Waals surface area (Å²) >= 11 is 0. The van der Waals surface area contributed by atoms with Gasteiger partial charge in [-0.15, -0.1) is 0 Å². The van der Waals surface area contributed by atoms with E-state index in [2.05, 4.69) is 10.4 Å². The highest BCUT2D eigenvalue weighted by Crippen LogP contribution is 2.27. The van der Waals surface area contributed by atoms with Crippen LogP contribution in [0, 0.1) is 0 Å². The second-order valence-corrected chi connectivity index (χ2v) is 4.60. The number of nitrogens with one attached hydrogen (secondary N) is 1. The standard InChI is InChI=1S/C13H12N4O3/c1-16-10-6-8(7-18)2-3-9(10)12(15-16)17-5-4-11(19)14-13(17)20/h2-3,6-7H,4-5H2,1H3,(H,14,19,20). The number of carbonyl (C=O) groups excluding carboxylic acids is 3. The predicted octanol–water partition coefficient (Wildman–Crippen LogP) is 0.832. The van der Waals surface area contributed by atoms with E-state index in [1.165, 1.54) is 4.90 Å². The van der Waals surface area contributed by atoms with Crippen molar-refractivity contribution in [3.63, 3.8) is 0 Å². The molecule has 1 aliphatic rings. The molecule has 1 aromatic carbocycles. The number of aromatic nitrogens is 2. The molecule has 1 N–H and O–H groups in total. The number of imide groups is 1. The molecule has 3 amide bonds. The van der Waals surface area contributed by atoms with E-state index in [-0.39, 0.29) is 12.3 Å². The highest BCUT2D eigenvalue weighted by atomic mass is 16.2. The van der Waals surface area contributed by atoms with Gasteiger partial charge in [-0.2, -0.15) is 5.10 Å². The maximum Gasteiger partial charge on any atom is 0.329 e. The van der Waals surface area contributed by atoms with Crippen LogP contribution in [0.1, 0.15) is 16.8 Å². The fraction of sp³-hybridized carbons (Fsp3) is 0.231. The Morgan fingerprint density at radius 3 is 2.85 bits per heavy atom. The van der Waals surface area contributed by atoms with Crippen molar-refractivity contribution in [2.45, 2.75) is 6.42 Å². The van der Waals surface area contributed by atoms with Gasteiger partial charge in [-0.3, -0.25) is 24.5 Å². The number of anilines is 1. The van der Waals surface area contributed by atoms with Crippen molar-refractivity contribution >= 4 is 34.9 Å². The van der Waals surface area contributed by atoms with Gasteiger partial charge in [0, 0.05) is 31.0 Å². The summed E-state index contributed by atoms with van der Waals surface area (Å²) in [4.78, 5) is 35.3. The van der Waals surface area contributed by atoms with Gasteiger partial charge in [0.05, 0.1) is 5.52 Å². The highest BCUT2D eigenvalue weighted by molar-refractivity contribution is 6.09. The van der Waals surface area contributed by atoms with Crippen LogP contribution in [0.2, 0.25) is 0 Å². The van der Waals surface area contributed by atoms with Crippen molar-refractivity contribution in [1.29, 1.82) is 0 Å². The highest BCUT2D eigenvalue weighted by Gasteiger charge is 2.27. The molecule has 1 fully saturated rings. The quantitative estimate of drug-likeness (QED) is 0.821. The summed E-state index contributed by atoms with van der Waals surface area (Å²) in [5.74, 6) is 0.208. The lowest BCUT2D eigenvalue weighted by molar-refractivity contribution is -0.120. The molecule has 7 heteroatoms. The summed E-state index contributed by atoms with van der Waals surface area (Å²) in [6, 6.07) is 4.67. The Bertz CT molecular complexity index is 735. The molecule has 7 nitrogen and oxygen atoms in total. The first-order chi connectivity index (χ1) is 9.60. The van der Waals surface area contributed by atoms with Crippen molar-refractivity contribution in [1.82, 2.24) is 15.1 Å². The average molecular weight is 272 g/mol. The fourth-order valence-electron chi connectivity index (χ4n) is 2.29. The number of amides is 3. The van der Waals surface area contributed by atoms with Gasteiger partial charge in [0.1, 0.15) is 6.29 Å². The molecule has 1 aromatic heterocycles. The van der Waals surface area contributed by atoms with E-state index in [4.69, 9.17) is 0 Å². The van der Waals surface area contributed by atoms with E-state index in [0.29, 0.717) is 17.9 Å². The van der Waals surface area contributed by atoms with Crippen LogP contribution in [0.15, 0.2) is 18.2 Å². The molecule has 0 atom stereocenters. The van der Waals surface area contributed by atoms with Gasteiger partial charge >= 0.3 is 6.03 Å². The molecule has 3 rings (SSSR count). The molecule has 0 saturated carbocycles. The second kappa shape index (κ2) is 4.44. The number of urea groups is 1. The van der Waals surface area contributed by atoms with Crippen LogP contribution in [-0.4, -0.2) is 34.5 Å². The SMILES string of the molecule is Cn1nc(N2CCC(=O)NC2=O)c2ccc(C=O)cc21. The molecular formula is C13H12N4O3. The number of fused-ring (bicyclic) bond motifs is 1. The molecule has 102 valence electrons. The van der Waals surface area contributed by atoms with Crippen LogP contribution in [0.3, 0.4) is 0 Å². The summed E-state index contributed by atoms with van der Waals surface area (Å²) in [5, 5.41) is 7.35. The number of benzene rings is 1. The Morgan fingerprint density at radius 1 is 1.35 bits per heavy atom. The molecule has 0 radical (unpaired) electrons. The summed E-state index contributed by atoms with van der Waals surface area (Å²) in [6.45, 7) is 0.298. The molecule has 2 heterocycles. The Hall–Kier alpha value is -2.70. The molecule has 20 heavy (non-hydrogen) atoms. The second-order valence-electron chi connectivity index (χ2n) is 4.60. The van der Waals surface area contributed by atoms with Crippen molar-refractivity contribution in [3.05, 3.63) is 23.8 Å². The van der Waals surface area contributed by atoms with Gasteiger partial charge in [-0.1, -0.05) is 6.07 Å². The van der Waals surface area contributed by atoms with Crippen molar-refractivity contribution in [2.75, 3.05) is 11.4 Å². The minimum atomic E-state index is -0.472. The van der Waals surface area contributed by atoms with E-state index in [0.717, 1.165) is 17.2 Å². The number of nitrogens with zero attached hydrogens (tertiary/aromatic N) is 3. The van der Waals surface area contributed by atoms with Crippen LogP contribution in [0.4, 0.5) is 10.6 Å². The molecule has 0 bridgehead atoms. The number of aldehydes is 1. The Labute approximate surface area is 114 Å². The molecule has 1 saturated heterocycles. The van der Waals surface area contributed by atoms with Gasteiger partial charge < -0.3 is 0 Å². The zero-order valence-corrected chi connectivity index (χ0v) is 10.8. The first-order valence-corrected chi connectivity index (χ1v) is 6.13. The first kappa shape index (κ1) is 12.3. The molecule has 0 aliphatic carbocycles. The van der Waals surface area contributed by atoms with Crippen molar-refractivity contribution in [2.24, 2.45) is 7.05 Å². The van der Waals surface area contributed by atoms with Gasteiger partial charge in [0.2, 0.25) is 5.91 Å². The topological polar surface area (TPSA) is 84.3 Å². The number of rotatable bonds is 2. The van der Waals surface area contributed by atoms with Crippen LogP contribution >= 0.6 is 0 Å². The molecule has 1 aliphatic heterocycles. The summed E-state index contributed by atoms with van der Waals surface area (Å²) in [7, 11) is 1.74. The normalized spacial score (nSPS) is 15.6. The Kier molecular flexibility index (Phi) is 2.74. The predicted molar refractivity (Wildman–Crippen MR) is 71.6 cm³/mol. The van der Waals surface area contributed by atoms with Gasteiger partial charge in [-0.25, -0.2) is 4.79 Å². The van der Waals surface area contributed by atoms with E-state index in [9.17, 15) is 14.4 Å². The number of hydrogen-bond donors (Lipinski definition) is 1. The Morgan fingerprint density at radius 2 is 2.15 bits per heavy atom. The average Bonchev–Trinajstić information content (AvgIpc) is 2.75. The summed E-state index contributed by atoms with van der Waals surface area (Å²) < 4.78 is 1.61. The third-order valence-corrected chi connectivity index (χ3v) is 3.30. The molecule has 0 spiro atoms. The zero-order chi connectivity index (χ0) is 14.3. The molecule has 0 unspecified atom stereocenters. The van der Waals surface area contributed by atoms with E-state index < -0.39 is 6.03 Å². The van der Waals surface area contributed by atoms with E-state index >= 15 is 0 Å². The third-order valence-electron chi connectivity index (χ3n) is 3.30. The Balaban J connectivity index is 2.10. The van der Waals surface area contributed by atoms with Crippen LogP contribution in [-0.2, 0) is 11.8 Å². The number of hydrogen-bond acceptors (Lipinski definition) is 4. The minimum Gasteiger partial charge on any atom is -0.298 e. The van der Waals surface area contributed by atoms with E-state index in [1.54, 1.807) is 29.9 Å². The van der Waals surface area contributed by atoms with Crippen LogP contribution in [0.25, 0.3) is 10.9 Å². The lowest BCUT2D eigenvalue weighted by Gasteiger charge is -2.24. The maximum atomic E-state index is 11.9. The monoisotopic (exact) mass is 272 g/mol. The lowest BCUT2D eigenvalue weighted by atomic mass is 10.1. The third kappa shape index (κ3) is 1.83. The largest absolute Gasteiger partial charge is 0.329 e. The smallest absolute Gasteiger partial charge is 0.298 e. The number of aryl methyl sites for hydroxylation is 1. The van der Waals surface area contributed by atoms with Gasteiger partial charge in [0.25, 0.3) is 0 Å². The van der Waals surface area contributed by atoms with Crippen LogP contribution < -0.4 is 10.2 Å². The van der Waals surface area contributed by atoms with Crippen molar-refractivity contribution < 1.29 is 14.4 Å². The molecular weight excluding hydrogens is 260 g/mol. The van der Waals surface area contributed by atoms with Crippen molar-refractivity contribution in [3.8, 4) is 0 Å². The minimum absolute atomic E-state index is 0.246. The fourth-order valence-corrected chi connectivity index (χ4v) is 2.29. The van der Waals surface area contributed by atoms with Gasteiger partial charge in [0.15, 0.2) is 5.82 Å². The molecule has 2 aromatic rings. The van der Waals surface area contributed by atoms with Gasteiger partial charge in [-0.05, 0) is 12.1 Å².